The summed E-state index contributed by atoms with van der Waals surface area (Å²) in [5.41, 5.74) is 2.82. The third-order valence-electron chi connectivity index (χ3n) is 4.07. The second-order valence-electron chi connectivity index (χ2n) is 5.87. The van der Waals surface area contributed by atoms with Gasteiger partial charge in [-0.1, -0.05) is 30.3 Å². The number of nitrogens with one attached hydrogen (secondary N) is 1. The molecule has 120 valence electrons. The number of aryl methyl sites for hydroxylation is 2. The summed E-state index contributed by atoms with van der Waals surface area (Å²) in [6.07, 6.45) is 0.770. The zero-order valence-corrected chi connectivity index (χ0v) is 13.5. The van der Waals surface area contributed by atoms with Gasteiger partial charge in [0.05, 0.1) is 18.2 Å². The second-order valence-corrected chi connectivity index (χ2v) is 5.87. The highest BCUT2D eigenvalue weighted by atomic mass is 16.5. The van der Waals surface area contributed by atoms with E-state index in [9.17, 15) is 4.79 Å². The lowest BCUT2D eigenvalue weighted by Gasteiger charge is -2.16. The number of para-hydroxylation sites is 3. The summed E-state index contributed by atoms with van der Waals surface area (Å²) in [7, 11) is 0. The molecule has 0 aliphatic carbocycles. The van der Waals surface area contributed by atoms with Gasteiger partial charge in [-0.05, 0) is 43.5 Å². The van der Waals surface area contributed by atoms with Gasteiger partial charge in [0, 0.05) is 6.61 Å². The molecule has 1 atom stereocenters. The van der Waals surface area contributed by atoms with Gasteiger partial charge < -0.3 is 14.8 Å². The zero-order chi connectivity index (χ0) is 16.2. The molecule has 23 heavy (non-hydrogen) atoms. The van der Waals surface area contributed by atoms with E-state index in [0.29, 0.717) is 24.7 Å². The zero-order valence-electron chi connectivity index (χ0n) is 13.5. The van der Waals surface area contributed by atoms with Gasteiger partial charge in [0.15, 0.2) is 5.75 Å². The van der Waals surface area contributed by atoms with Crippen LogP contribution >= 0.6 is 0 Å². The number of rotatable bonds is 4. The summed E-state index contributed by atoms with van der Waals surface area (Å²) in [4.78, 5) is 12.3. The standard InChI is InChI=1S/C19H21NO3/c1-13-6-5-7-14(2)18(13)23-17-9-4-3-8-16(17)20-19(21)15-10-11-22-12-15/h3-9,15H,10-12H2,1-2H3,(H,20,21). The topological polar surface area (TPSA) is 47.6 Å². The van der Waals surface area contributed by atoms with Crippen molar-refractivity contribution < 1.29 is 14.3 Å². The van der Waals surface area contributed by atoms with Gasteiger partial charge in [0.25, 0.3) is 0 Å². The number of carbonyl (C=O) groups excluding carboxylic acids is 1. The predicted octanol–water partition coefficient (Wildman–Crippen LogP) is 4.07. The van der Waals surface area contributed by atoms with Gasteiger partial charge in [0.2, 0.25) is 5.91 Å². The van der Waals surface area contributed by atoms with Gasteiger partial charge in [0.1, 0.15) is 5.75 Å². The summed E-state index contributed by atoms with van der Waals surface area (Å²) < 4.78 is 11.4. The first kappa shape index (κ1) is 15.6. The molecular weight excluding hydrogens is 290 g/mol. The van der Waals surface area contributed by atoms with E-state index < -0.39 is 0 Å². The van der Waals surface area contributed by atoms with Gasteiger partial charge in [-0.25, -0.2) is 0 Å². The number of amides is 1. The van der Waals surface area contributed by atoms with E-state index in [0.717, 1.165) is 23.3 Å². The first-order chi connectivity index (χ1) is 11.1. The highest BCUT2D eigenvalue weighted by Crippen LogP contribution is 2.33. The highest BCUT2D eigenvalue weighted by Gasteiger charge is 2.24. The molecule has 1 unspecified atom stereocenters. The Labute approximate surface area is 136 Å². The maximum atomic E-state index is 12.3. The molecule has 1 amide bonds. The van der Waals surface area contributed by atoms with E-state index in [2.05, 4.69) is 5.32 Å². The van der Waals surface area contributed by atoms with Crippen LogP contribution in [0.15, 0.2) is 42.5 Å². The van der Waals surface area contributed by atoms with Crippen LogP contribution in [0.3, 0.4) is 0 Å². The molecule has 0 radical (unpaired) electrons. The van der Waals surface area contributed by atoms with E-state index in [1.54, 1.807) is 0 Å². The average Bonchev–Trinajstić information content (AvgIpc) is 3.07. The third kappa shape index (κ3) is 3.54. The summed E-state index contributed by atoms with van der Waals surface area (Å²) in [5, 5.41) is 2.97. The van der Waals surface area contributed by atoms with Crippen LogP contribution in [0.5, 0.6) is 11.5 Å². The molecule has 4 heteroatoms. The van der Waals surface area contributed by atoms with Gasteiger partial charge >= 0.3 is 0 Å². The van der Waals surface area contributed by atoms with Crippen molar-refractivity contribution >= 4 is 11.6 Å². The number of anilines is 1. The Morgan fingerprint density at radius 2 is 1.87 bits per heavy atom. The van der Waals surface area contributed by atoms with E-state index in [-0.39, 0.29) is 11.8 Å². The monoisotopic (exact) mass is 311 g/mol. The van der Waals surface area contributed by atoms with Crippen molar-refractivity contribution in [2.75, 3.05) is 18.5 Å². The van der Waals surface area contributed by atoms with Crippen LogP contribution in [-0.2, 0) is 9.53 Å². The molecule has 2 aromatic rings. The number of hydrogen-bond acceptors (Lipinski definition) is 3. The van der Waals surface area contributed by atoms with E-state index in [1.807, 2.05) is 56.3 Å². The molecule has 1 fully saturated rings. The average molecular weight is 311 g/mol. The fourth-order valence-corrected chi connectivity index (χ4v) is 2.71. The minimum Gasteiger partial charge on any atom is -0.455 e. The van der Waals surface area contributed by atoms with Crippen molar-refractivity contribution in [1.29, 1.82) is 0 Å². The Bertz CT molecular complexity index is 685. The lowest BCUT2D eigenvalue weighted by Crippen LogP contribution is -2.23. The molecule has 3 rings (SSSR count). The lowest BCUT2D eigenvalue weighted by molar-refractivity contribution is -0.119. The minimum absolute atomic E-state index is 0.0138. The van der Waals surface area contributed by atoms with Crippen LogP contribution in [-0.4, -0.2) is 19.1 Å². The predicted molar refractivity (Wildman–Crippen MR) is 90.0 cm³/mol. The van der Waals surface area contributed by atoms with Crippen molar-refractivity contribution in [2.45, 2.75) is 20.3 Å². The largest absolute Gasteiger partial charge is 0.455 e. The number of ether oxygens (including phenoxy) is 2. The van der Waals surface area contributed by atoms with Crippen molar-refractivity contribution in [3.05, 3.63) is 53.6 Å². The highest BCUT2D eigenvalue weighted by molar-refractivity contribution is 5.94. The number of carbonyl (C=O) groups is 1. The summed E-state index contributed by atoms with van der Waals surface area (Å²) >= 11 is 0. The molecule has 1 aliphatic rings. The SMILES string of the molecule is Cc1cccc(C)c1Oc1ccccc1NC(=O)C1CCOC1. The molecule has 2 aromatic carbocycles. The molecule has 0 saturated carbocycles. The van der Waals surface area contributed by atoms with Crippen LogP contribution in [0.2, 0.25) is 0 Å². The summed E-state index contributed by atoms with van der Waals surface area (Å²) in [6.45, 7) is 5.17. The van der Waals surface area contributed by atoms with Crippen LogP contribution in [0.1, 0.15) is 17.5 Å². The van der Waals surface area contributed by atoms with Crippen molar-refractivity contribution in [3.63, 3.8) is 0 Å². The number of benzene rings is 2. The minimum atomic E-state index is -0.0803. The van der Waals surface area contributed by atoms with Crippen molar-refractivity contribution in [2.24, 2.45) is 5.92 Å². The Kier molecular flexibility index (Phi) is 4.63. The molecule has 0 aromatic heterocycles. The molecule has 1 heterocycles. The molecular formula is C19H21NO3. The fourth-order valence-electron chi connectivity index (χ4n) is 2.71. The first-order valence-electron chi connectivity index (χ1n) is 7.87. The Balaban J connectivity index is 1.82. The van der Waals surface area contributed by atoms with Crippen LogP contribution < -0.4 is 10.1 Å². The smallest absolute Gasteiger partial charge is 0.230 e. The number of hydrogen-bond donors (Lipinski definition) is 1. The quantitative estimate of drug-likeness (QED) is 0.926. The fraction of sp³-hybridized carbons (Fsp3) is 0.316. The molecule has 4 nitrogen and oxygen atoms in total. The summed E-state index contributed by atoms with van der Waals surface area (Å²) in [5.74, 6) is 1.39. The molecule has 1 N–H and O–H groups in total. The van der Waals surface area contributed by atoms with E-state index in [1.165, 1.54) is 0 Å². The third-order valence-corrected chi connectivity index (χ3v) is 4.07. The molecule has 1 aliphatic heterocycles. The Morgan fingerprint density at radius 1 is 1.13 bits per heavy atom. The second kappa shape index (κ2) is 6.84. The van der Waals surface area contributed by atoms with Gasteiger partial charge in [-0.15, -0.1) is 0 Å². The van der Waals surface area contributed by atoms with Crippen molar-refractivity contribution in [1.82, 2.24) is 0 Å². The van der Waals surface area contributed by atoms with Crippen LogP contribution in [0.25, 0.3) is 0 Å². The molecule has 0 bridgehead atoms. The van der Waals surface area contributed by atoms with Crippen LogP contribution in [0, 0.1) is 19.8 Å². The van der Waals surface area contributed by atoms with E-state index >= 15 is 0 Å². The Morgan fingerprint density at radius 3 is 2.57 bits per heavy atom. The van der Waals surface area contributed by atoms with Crippen LogP contribution in [0.4, 0.5) is 5.69 Å². The summed E-state index contributed by atoms with van der Waals surface area (Å²) in [6, 6.07) is 13.5. The maximum Gasteiger partial charge on any atom is 0.230 e. The molecule has 0 spiro atoms. The normalized spacial score (nSPS) is 17.0. The maximum absolute atomic E-state index is 12.3. The van der Waals surface area contributed by atoms with Crippen molar-refractivity contribution in [3.8, 4) is 11.5 Å². The first-order valence-corrected chi connectivity index (χ1v) is 7.87. The van der Waals surface area contributed by atoms with Gasteiger partial charge in [-0.2, -0.15) is 0 Å². The molecule has 1 saturated heterocycles. The lowest BCUT2D eigenvalue weighted by atomic mass is 10.1. The Hall–Kier alpha value is -2.33. The van der Waals surface area contributed by atoms with Gasteiger partial charge in [-0.3, -0.25) is 4.79 Å². The van der Waals surface area contributed by atoms with E-state index in [4.69, 9.17) is 9.47 Å².